The first-order valence-corrected chi connectivity index (χ1v) is 8.20. The van der Waals surface area contributed by atoms with Crippen LogP contribution in [0.4, 0.5) is 14.5 Å². The van der Waals surface area contributed by atoms with E-state index in [2.05, 4.69) is 10.1 Å². The highest BCUT2D eigenvalue weighted by Crippen LogP contribution is 2.26. The Hall–Kier alpha value is -2.32. The van der Waals surface area contributed by atoms with Crippen molar-refractivity contribution in [1.82, 2.24) is 5.32 Å². The Bertz CT molecular complexity index is 816. The van der Waals surface area contributed by atoms with Gasteiger partial charge in [0, 0.05) is 4.88 Å². The average Bonchev–Trinajstić information content (AvgIpc) is 3.04. The first-order valence-electron chi connectivity index (χ1n) is 6.92. The average molecular weight is 366 g/mol. The minimum atomic E-state index is -2.89. The molecule has 1 aliphatic rings. The number of rotatable bonds is 4. The molecule has 8 heteroatoms. The molecule has 0 atom stereocenters. The summed E-state index contributed by atoms with van der Waals surface area (Å²) in [4.78, 5) is 14.9. The molecule has 2 heterocycles. The van der Waals surface area contributed by atoms with Gasteiger partial charge in [-0.25, -0.2) is 0 Å². The zero-order valence-electron chi connectivity index (χ0n) is 12.5. The molecule has 1 amide bonds. The lowest BCUT2D eigenvalue weighted by Gasteiger charge is -2.14. The number of halogens is 2. The molecule has 24 heavy (non-hydrogen) atoms. The molecule has 124 valence electrons. The highest BCUT2D eigenvalue weighted by atomic mass is 32.1. The summed E-state index contributed by atoms with van der Waals surface area (Å²) in [7, 11) is 0. The lowest BCUT2D eigenvalue weighted by atomic mass is 10.2. The van der Waals surface area contributed by atoms with Gasteiger partial charge in [-0.3, -0.25) is 9.69 Å². The predicted molar refractivity (Wildman–Crippen MR) is 93.3 cm³/mol. The number of amides is 1. The maximum atomic E-state index is 12.6. The molecule has 0 aliphatic carbocycles. The fraction of sp³-hybridized carbons (Fsp3) is 0.125. The van der Waals surface area contributed by atoms with Crippen LogP contribution < -0.4 is 15.0 Å². The zero-order chi connectivity index (χ0) is 17.3. The SMILES string of the molecule is Cc1ccsc1C=C1NC(=S)N(c2ccc(OC(F)F)cc2)C1=O. The van der Waals surface area contributed by atoms with E-state index in [9.17, 15) is 13.6 Å². The molecule has 1 saturated heterocycles. The summed E-state index contributed by atoms with van der Waals surface area (Å²) in [6.07, 6.45) is 1.75. The van der Waals surface area contributed by atoms with E-state index in [0.29, 0.717) is 11.4 Å². The number of benzene rings is 1. The number of thiophene rings is 1. The maximum absolute atomic E-state index is 12.6. The number of anilines is 1. The number of carbonyl (C=O) groups is 1. The normalized spacial score (nSPS) is 16.2. The Labute approximate surface area is 146 Å². The first kappa shape index (κ1) is 16.5. The Morgan fingerprint density at radius 3 is 2.58 bits per heavy atom. The van der Waals surface area contributed by atoms with Gasteiger partial charge in [-0.05, 0) is 66.5 Å². The van der Waals surface area contributed by atoms with Crippen molar-refractivity contribution in [1.29, 1.82) is 0 Å². The van der Waals surface area contributed by atoms with Gasteiger partial charge in [0.2, 0.25) is 0 Å². The minimum absolute atomic E-state index is 0.0178. The smallest absolute Gasteiger partial charge is 0.387 e. The van der Waals surface area contributed by atoms with E-state index >= 15 is 0 Å². The van der Waals surface area contributed by atoms with Crippen molar-refractivity contribution in [2.45, 2.75) is 13.5 Å². The van der Waals surface area contributed by atoms with E-state index in [-0.39, 0.29) is 16.8 Å². The van der Waals surface area contributed by atoms with Crippen LogP contribution in [0.5, 0.6) is 5.75 Å². The summed E-state index contributed by atoms with van der Waals surface area (Å²) in [6.45, 7) is -0.935. The highest BCUT2D eigenvalue weighted by molar-refractivity contribution is 7.80. The third-order valence-electron chi connectivity index (χ3n) is 3.38. The maximum Gasteiger partial charge on any atom is 0.387 e. The van der Waals surface area contributed by atoms with E-state index in [1.807, 2.05) is 18.4 Å². The number of thiocarbonyl (C=S) groups is 1. The van der Waals surface area contributed by atoms with Crippen LogP contribution in [-0.2, 0) is 4.79 Å². The van der Waals surface area contributed by atoms with Crippen LogP contribution in [0.3, 0.4) is 0 Å². The first-order chi connectivity index (χ1) is 11.5. The molecule has 0 bridgehead atoms. The molecule has 0 radical (unpaired) electrons. The van der Waals surface area contributed by atoms with Crippen molar-refractivity contribution in [3.8, 4) is 5.75 Å². The third kappa shape index (κ3) is 3.29. The fourth-order valence-corrected chi connectivity index (χ4v) is 3.37. The predicted octanol–water partition coefficient (Wildman–Crippen LogP) is 3.92. The molecule has 0 saturated carbocycles. The Kier molecular flexibility index (Phi) is 4.59. The second-order valence-corrected chi connectivity index (χ2v) is 6.30. The van der Waals surface area contributed by atoms with Gasteiger partial charge in [0.05, 0.1) is 5.69 Å². The molecule has 1 fully saturated rings. The third-order valence-corrected chi connectivity index (χ3v) is 4.63. The second kappa shape index (κ2) is 6.66. The number of alkyl halides is 2. The molecule has 2 aromatic rings. The molecular weight excluding hydrogens is 354 g/mol. The van der Waals surface area contributed by atoms with Crippen molar-refractivity contribution in [2.75, 3.05) is 4.90 Å². The quantitative estimate of drug-likeness (QED) is 0.658. The lowest BCUT2D eigenvalue weighted by molar-refractivity contribution is -0.113. The van der Waals surface area contributed by atoms with Gasteiger partial charge in [-0.2, -0.15) is 8.78 Å². The number of ether oxygens (including phenoxy) is 1. The van der Waals surface area contributed by atoms with Crippen molar-refractivity contribution >= 4 is 46.3 Å². The number of nitrogens with zero attached hydrogens (tertiary/aromatic N) is 1. The topological polar surface area (TPSA) is 41.6 Å². The zero-order valence-corrected chi connectivity index (χ0v) is 14.1. The van der Waals surface area contributed by atoms with Crippen LogP contribution in [0.2, 0.25) is 0 Å². The molecule has 4 nitrogen and oxygen atoms in total. The molecule has 3 rings (SSSR count). The van der Waals surface area contributed by atoms with Gasteiger partial charge in [-0.15, -0.1) is 11.3 Å². The van der Waals surface area contributed by atoms with E-state index in [0.717, 1.165) is 10.4 Å². The van der Waals surface area contributed by atoms with Crippen LogP contribution in [0.15, 0.2) is 41.4 Å². The number of hydrogen-bond acceptors (Lipinski definition) is 4. The molecule has 1 aromatic carbocycles. The number of carbonyl (C=O) groups excluding carboxylic acids is 1. The summed E-state index contributed by atoms with van der Waals surface area (Å²) in [5.41, 5.74) is 1.92. The highest BCUT2D eigenvalue weighted by Gasteiger charge is 2.32. The van der Waals surface area contributed by atoms with Gasteiger partial charge in [0.25, 0.3) is 5.91 Å². The second-order valence-electron chi connectivity index (χ2n) is 4.97. The van der Waals surface area contributed by atoms with Gasteiger partial charge in [0.1, 0.15) is 11.4 Å². The van der Waals surface area contributed by atoms with Crippen molar-refractivity contribution < 1.29 is 18.3 Å². The number of nitrogens with one attached hydrogen (secondary N) is 1. The molecule has 1 N–H and O–H groups in total. The largest absolute Gasteiger partial charge is 0.435 e. The van der Waals surface area contributed by atoms with E-state index in [1.54, 1.807) is 6.08 Å². The van der Waals surface area contributed by atoms with Crippen molar-refractivity contribution in [3.05, 3.63) is 51.8 Å². The van der Waals surface area contributed by atoms with Crippen LogP contribution in [0.25, 0.3) is 6.08 Å². The lowest BCUT2D eigenvalue weighted by Crippen LogP contribution is -2.30. The Balaban J connectivity index is 1.84. The Morgan fingerprint density at radius 1 is 1.29 bits per heavy atom. The summed E-state index contributed by atoms with van der Waals surface area (Å²) in [5.74, 6) is -0.278. The minimum Gasteiger partial charge on any atom is -0.435 e. The van der Waals surface area contributed by atoms with Crippen molar-refractivity contribution in [2.24, 2.45) is 0 Å². The van der Waals surface area contributed by atoms with Crippen LogP contribution in [-0.4, -0.2) is 17.6 Å². The summed E-state index contributed by atoms with van der Waals surface area (Å²) in [5, 5.41) is 5.07. The summed E-state index contributed by atoms with van der Waals surface area (Å²) >= 11 is 6.74. The number of hydrogen-bond donors (Lipinski definition) is 1. The fourth-order valence-electron chi connectivity index (χ4n) is 2.21. The van der Waals surface area contributed by atoms with Gasteiger partial charge >= 0.3 is 6.61 Å². The van der Waals surface area contributed by atoms with E-state index in [4.69, 9.17) is 12.2 Å². The van der Waals surface area contributed by atoms with Gasteiger partial charge in [0.15, 0.2) is 5.11 Å². The number of aryl methyl sites for hydroxylation is 1. The molecule has 1 aliphatic heterocycles. The van der Waals surface area contributed by atoms with Gasteiger partial charge in [-0.1, -0.05) is 0 Å². The standard InChI is InChI=1S/C16H12F2N2O2S2/c1-9-6-7-24-13(9)8-12-14(21)20(16(23)19-12)10-2-4-11(5-3-10)22-15(17)18/h2-8,15H,1H3,(H,19,23). The van der Waals surface area contributed by atoms with Crippen molar-refractivity contribution in [3.63, 3.8) is 0 Å². The monoisotopic (exact) mass is 366 g/mol. The summed E-state index contributed by atoms with van der Waals surface area (Å²) < 4.78 is 28.7. The van der Waals surface area contributed by atoms with Crippen LogP contribution in [0, 0.1) is 6.92 Å². The van der Waals surface area contributed by atoms with Crippen LogP contribution in [0.1, 0.15) is 10.4 Å². The summed E-state index contributed by atoms with van der Waals surface area (Å²) in [6, 6.07) is 7.70. The van der Waals surface area contributed by atoms with Crippen LogP contribution >= 0.6 is 23.6 Å². The Morgan fingerprint density at radius 2 is 2.00 bits per heavy atom. The van der Waals surface area contributed by atoms with E-state index in [1.165, 1.54) is 40.5 Å². The molecule has 0 unspecified atom stereocenters. The van der Waals surface area contributed by atoms with Gasteiger partial charge < -0.3 is 10.1 Å². The molecular formula is C16H12F2N2O2S2. The van der Waals surface area contributed by atoms with E-state index < -0.39 is 6.61 Å². The molecule has 1 aromatic heterocycles. The molecule has 0 spiro atoms.